The molecular weight excluding hydrogens is 194 g/mol. The molecule has 0 saturated heterocycles. The second-order valence-electron chi connectivity index (χ2n) is 2.64. The Hall–Kier alpha value is -2.26. The van der Waals surface area contributed by atoms with Crippen LogP contribution in [0, 0.1) is 0 Å². The van der Waals surface area contributed by atoms with Gasteiger partial charge in [0.15, 0.2) is 0 Å². The van der Waals surface area contributed by atoms with E-state index in [1.54, 1.807) is 30.3 Å². The van der Waals surface area contributed by atoms with Crippen LogP contribution in [0.5, 0.6) is 0 Å². The lowest BCUT2D eigenvalue weighted by atomic mass is 10.2. The van der Waals surface area contributed by atoms with Crippen LogP contribution in [0.25, 0.3) is 16.5 Å². The van der Waals surface area contributed by atoms with Gasteiger partial charge in [-0.2, -0.15) is 0 Å². The van der Waals surface area contributed by atoms with Crippen LogP contribution in [-0.2, 0) is 9.53 Å². The molecule has 5 nitrogen and oxygen atoms in total. The molecule has 0 fully saturated rings. The summed E-state index contributed by atoms with van der Waals surface area (Å²) in [6.45, 7) is 0. The van der Waals surface area contributed by atoms with Crippen LogP contribution in [-0.4, -0.2) is 13.1 Å². The van der Waals surface area contributed by atoms with Gasteiger partial charge in [0, 0.05) is 16.7 Å². The highest BCUT2D eigenvalue weighted by molar-refractivity contribution is 5.86. The van der Waals surface area contributed by atoms with E-state index in [4.69, 9.17) is 5.53 Å². The topological polar surface area (TPSA) is 75.1 Å². The molecular formula is C10H9N3O2. The van der Waals surface area contributed by atoms with Crippen LogP contribution < -0.4 is 0 Å². The minimum atomic E-state index is -0.408. The van der Waals surface area contributed by atoms with Gasteiger partial charge in [0.25, 0.3) is 0 Å². The van der Waals surface area contributed by atoms with Crippen LogP contribution in [0.4, 0.5) is 5.69 Å². The van der Waals surface area contributed by atoms with Crippen molar-refractivity contribution in [2.45, 2.75) is 0 Å². The number of azide groups is 1. The highest BCUT2D eigenvalue weighted by atomic mass is 16.5. The molecule has 0 aliphatic carbocycles. The van der Waals surface area contributed by atoms with E-state index in [9.17, 15) is 4.79 Å². The number of esters is 1. The van der Waals surface area contributed by atoms with Gasteiger partial charge < -0.3 is 4.74 Å². The number of carbonyl (C=O) groups excluding carboxylic acids is 1. The van der Waals surface area contributed by atoms with Crippen molar-refractivity contribution in [2.24, 2.45) is 5.11 Å². The van der Waals surface area contributed by atoms with Crippen molar-refractivity contribution in [1.82, 2.24) is 0 Å². The quantitative estimate of drug-likeness (QED) is 0.249. The number of carbonyl (C=O) groups is 1. The van der Waals surface area contributed by atoms with Crippen molar-refractivity contribution < 1.29 is 9.53 Å². The zero-order valence-corrected chi connectivity index (χ0v) is 8.12. The number of ether oxygens (including phenoxy) is 1. The number of nitrogens with zero attached hydrogens (tertiary/aromatic N) is 3. The van der Waals surface area contributed by atoms with E-state index in [1.807, 2.05) is 0 Å². The molecule has 0 aromatic heterocycles. The number of benzene rings is 1. The smallest absolute Gasteiger partial charge is 0.330 e. The standard InChI is InChI=1S/C10H9N3O2/c1-15-10(14)7-4-8-2-5-9(6-3-8)12-13-11/h2-7H,1H3. The summed E-state index contributed by atoms with van der Waals surface area (Å²) in [7, 11) is 1.32. The molecule has 0 aliphatic heterocycles. The van der Waals surface area contributed by atoms with Gasteiger partial charge in [0.05, 0.1) is 7.11 Å². The Labute approximate surface area is 86.6 Å². The monoisotopic (exact) mass is 203 g/mol. The second kappa shape index (κ2) is 5.47. The van der Waals surface area contributed by atoms with Crippen LogP contribution in [0.2, 0.25) is 0 Å². The number of hydrogen-bond acceptors (Lipinski definition) is 3. The predicted octanol–water partition coefficient (Wildman–Crippen LogP) is 2.81. The Kier molecular flexibility index (Phi) is 3.94. The first-order valence-corrected chi connectivity index (χ1v) is 4.17. The molecule has 15 heavy (non-hydrogen) atoms. The summed E-state index contributed by atoms with van der Waals surface area (Å²) in [4.78, 5) is 13.4. The van der Waals surface area contributed by atoms with E-state index in [0.717, 1.165) is 5.56 Å². The Morgan fingerprint density at radius 2 is 2.13 bits per heavy atom. The van der Waals surface area contributed by atoms with Crippen LogP contribution >= 0.6 is 0 Å². The van der Waals surface area contributed by atoms with Gasteiger partial charge >= 0.3 is 5.97 Å². The van der Waals surface area contributed by atoms with Crippen LogP contribution in [0.15, 0.2) is 35.5 Å². The lowest BCUT2D eigenvalue weighted by Crippen LogP contribution is -1.92. The minimum absolute atomic E-state index is 0.408. The molecule has 1 rings (SSSR count). The fourth-order valence-corrected chi connectivity index (χ4v) is 0.936. The summed E-state index contributed by atoms with van der Waals surface area (Å²) in [6.07, 6.45) is 2.94. The maximum Gasteiger partial charge on any atom is 0.330 e. The molecule has 0 spiro atoms. The van der Waals surface area contributed by atoms with Crippen molar-refractivity contribution in [2.75, 3.05) is 7.11 Å². The molecule has 1 aromatic carbocycles. The van der Waals surface area contributed by atoms with E-state index < -0.39 is 5.97 Å². The molecule has 0 saturated carbocycles. The average Bonchev–Trinajstić information content (AvgIpc) is 2.28. The van der Waals surface area contributed by atoms with Gasteiger partial charge in [0.1, 0.15) is 0 Å². The molecule has 0 radical (unpaired) electrons. The molecule has 5 heteroatoms. The van der Waals surface area contributed by atoms with Crippen LogP contribution in [0.1, 0.15) is 5.56 Å². The first kappa shape index (κ1) is 10.8. The minimum Gasteiger partial charge on any atom is -0.466 e. The summed E-state index contributed by atoms with van der Waals surface area (Å²) in [6, 6.07) is 6.81. The Morgan fingerprint density at radius 1 is 1.47 bits per heavy atom. The van der Waals surface area contributed by atoms with Gasteiger partial charge in [-0.15, -0.1) is 0 Å². The maximum atomic E-state index is 10.8. The summed E-state index contributed by atoms with van der Waals surface area (Å²) >= 11 is 0. The van der Waals surface area contributed by atoms with Gasteiger partial charge in [-0.05, 0) is 17.2 Å². The van der Waals surface area contributed by atoms with E-state index >= 15 is 0 Å². The largest absolute Gasteiger partial charge is 0.466 e. The average molecular weight is 203 g/mol. The third-order valence-electron chi connectivity index (χ3n) is 1.67. The van der Waals surface area contributed by atoms with Gasteiger partial charge in [-0.25, -0.2) is 4.79 Å². The fourth-order valence-electron chi connectivity index (χ4n) is 0.936. The molecule has 0 bridgehead atoms. The van der Waals surface area contributed by atoms with E-state index in [2.05, 4.69) is 14.8 Å². The third-order valence-corrected chi connectivity index (χ3v) is 1.67. The van der Waals surface area contributed by atoms with Crippen molar-refractivity contribution >= 4 is 17.7 Å². The van der Waals surface area contributed by atoms with Gasteiger partial charge in [-0.1, -0.05) is 29.4 Å². The van der Waals surface area contributed by atoms with Crippen molar-refractivity contribution in [3.05, 3.63) is 46.3 Å². The van der Waals surface area contributed by atoms with Gasteiger partial charge in [0.2, 0.25) is 0 Å². The predicted molar refractivity (Wildman–Crippen MR) is 56.3 cm³/mol. The Balaban J connectivity index is 2.76. The molecule has 1 aromatic rings. The SMILES string of the molecule is COC(=O)C=Cc1ccc(N=[N+]=[N-])cc1. The van der Waals surface area contributed by atoms with Gasteiger partial charge in [-0.3, -0.25) is 0 Å². The molecule has 0 unspecified atom stereocenters. The van der Waals surface area contributed by atoms with Crippen molar-refractivity contribution in [1.29, 1.82) is 0 Å². The summed E-state index contributed by atoms with van der Waals surface area (Å²) in [5.41, 5.74) is 9.55. The van der Waals surface area contributed by atoms with E-state index in [0.29, 0.717) is 5.69 Å². The maximum absolute atomic E-state index is 10.8. The van der Waals surface area contributed by atoms with E-state index in [1.165, 1.54) is 13.2 Å². The van der Waals surface area contributed by atoms with E-state index in [-0.39, 0.29) is 0 Å². The normalized spacial score (nSPS) is 9.67. The molecule has 0 amide bonds. The number of methoxy groups -OCH3 is 1. The highest BCUT2D eigenvalue weighted by Gasteiger charge is 1.92. The first-order chi connectivity index (χ1) is 7.26. The van der Waals surface area contributed by atoms with Crippen molar-refractivity contribution in [3.63, 3.8) is 0 Å². The lowest BCUT2D eigenvalue weighted by molar-refractivity contribution is -0.134. The molecule has 0 aliphatic rings. The van der Waals surface area contributed by atoms with Crippen LogP contribution in [0.3, 0.4) is 0 Å². The summed E-state index contributed by atoms with van der Waals surface area (Å²) in [5, 5.41) is 3.42. The summed E-state index contributed by atoms with van der Waals surface area (Å²) < 4.78 is 4.44. The molecule has 0 atom stereocenters. The lowest BCUT2D eigenvalue weighted by Gasteiger charge is -1.94. The van der Waals surface area contributed by atoms with Crippen molar-refractivity contribution in [3.8, 4) is 0 Å². The zero-order chi connectivity index (χ0) is 11.1. The number of rotatable bonds is 3. The second-order valence-corrected chi connectivity index (χ2v) is 2.64. The summed E-state index contributed by atoms with van der Waals surface area (Å²) in [5.74, 6) is -0.408. The Morgan fingerprint density at radius 3 is 2.67 bits per heavy atom. The molecule has 76 valence electrons. The molecule has 0 heterocycles. The zero-order valence-electron chi connectivity index (χ0n) is 8.12. The third kappa shape index (κ3) is 3.54. The number of hydrogen-bond donors (Lipinski definition) is 0. The highest BCUT2D eigenvalue weighted by Crippen LogP contribution is 2.13. The first-order valence-electron chi connectivity index (χ1n) is 4.17. The Bertz CT molecular complexity index is 417. The fraction of sp³-hybridized carbons (Fsp3) is 0.100. The molecule has 0 N–H and O–H groups in total.